The van der Waals surface area contributed by atoms with Crippen molar-refractivity contribution in [2.45, 2.75) is 14.9 Å². The van der Waals surface area contributed by atoms with E-state index in [1.54, 1.807) is 35.9 Å². The Bertz CT molecular complexity index is 1240. The maximum absolute atomic E-state index is 12.9. The van der Waals surface area contributed by atoms with Gasteiger partial charge in [0.2, 0.25) is 10.0 Å². The second-order valence-electron chi connectivity index (χ2n) is 7.08. The maximum Gasteiger partial charge on any atom is 0.283 e. The summed E-state index contributed by atoms with van der Waals surface area (Å²) in [6, 6.07) is 11.0. The Labute approximate surface area is 194 Å². The van der Waals surface area contributed by atoms with E-state index >= 15 is 0 Å². The molecule has 32 heavy (non-hydrogen) atoms. The quantitative estimate of drug-likeness (QED) is 0.379. The van der Waals surface area contributed by atoms with Crippen molar-refractivity contribution < 1.29 is 13.3 Å². The van der Waals surface area contributed by atoms with Gasteiger partial charge in [0.25, 0.3) is 5.69 Å². The second-order valence-corrected chi connectivity index (χ2v) is 10.5. The van der Waals surface area contributed by atoms with Crippen LogP contribution in [-0.4, -0.2) is 58.6 Å². The van der Waals surface area contributed by atoms with Gasteiger partial charge in [-0.1, -0.05) is 11.6 Å². The fourth-order valence-electron chi connectivity index (χ4n) is 3.34. The summed E-state index contributed by atoms with van der Waals surface area (Å²) < 4.78 is 28.9. The second kappa shape index (κ2) is 9.06. The molecule has 0 spiro atoms. The molecule has 0 unspecified atom stereocenters. The van der Waals surface area contributed by atoms with E-state index < -0.39 is 14.9 Å². The van der Waals surface area contributed by atoms with Crippen molar-refractivity contribution >= 4 is 44.8 Å². The third-order valence-corrected chi connectivity index (χ3v) is 8.33. The SMILES string of the molecule is Cn1cnnc1Sc1cc(N2CCN(S(=O)(=O)c3ccc(Cl)cc3)CC2)ccc1[N+](=O)[O-]. The number of nitrogens with zero attached hydrogens (tertiary/aromatic N) is 6. The summed E-state index contributed by atoms with van der Waals surface area (Å²) >= 11 is 7.02. The Hall–Kier alpha value is -2.67. The molecule has 0 aliphatic carbocycles. The van der Waals surface area contributed by atoms with Crippen LogP contribution < -0.4 is 4.90 Å². The lowest BCUT2D eigenvalue weighted by Crippen LogP contribution is -2.48. The van der Waals surface area contributed by atoms with E-state index in [-0.39, 0.29) is 10.6 Å². The Balaban J connectivity index is 1.52. The molecule has 0 N–H and O–H groups in total. The van der Waals surface area contributed by atoms with E-state index in [1.165, 1.54) is 28.8 Å². The largest absolute Gasteiger partial charge is 0.369 e. The minimum atomic E-state index is -3.61. The minimum Gasteiger partial charge on any atom is -0.369 e. The van der Waals surface area contributed by atoms with E-state index in [0.717, 1.165) is 17.4 Å². The van der Waals surface area contributed by atoms with Gasteiger partial charge in [0.05, 0.1) is 14.7 Å². The lowest BCUT2D eigenvalue weighted by atomic mass is 10.2. The van der Waals surface area contributed by atoms with Crippen molar-refractivity contribution in [2.24, 2.45) is 7.05 Å². The molecule has 0 saturated carbocycles. The predicted molar refractivity (Wildman–Crippen MR) is 121 cm³/mol. The molecule has 1 saturated heterocycles. The molecule has 0 amide bonds. The topological polar surface area (TPSA) is 114 Å². The molecule has 13 heteroatoms. The summed E-state index contributed by atoms with van der Waals surface area (Å²) in [4.78, 5) is 13.7. The highest BCUT2D eigenvalue weighted by Gasteiger charge is 2.29. The van der Waals surface area contributed by atoms with E-state index in [4.69, 9.17) is 11.6 Å². The fourth-order valence-corrected chi connectivity index (χ4v) is 5.79. The zero-order valence-corrected chi connectivity index (χ0v) is 19.3. The summed E-state index contributed by atoms with van der Waals surface area (Å²) in [7, 11) is -1.85. The molecule has 2 aromatic carbocycles. The van der Waals surface area contributed by atoms with Crippen LogP contribution in [0.25, 0.3) is 0 Å². The van der Waals surface area contributed by atoms with E-state index in [2.05, 4.69) is 10.2 Å². The molecule has 10 nitrogen and oxygen atoms in total. The van der Waals surface area contributed by atoms with E-state index in [1.807, 2.05) is 4.90 Å². The number of sulfonamides is 1. The third kappa shape index (κ3) is 4.58. The first-order chi connectivity index (χ1) is 15.3. The van der Waals surface area contributed by atoms with Gasteiger partial charge in [0, 0.05) is 50.0 Å². The van der Waals surface area contributed by atoms with Crippen LogP contribution in [0.1, 0.15) is 0 Å². The monoisotopic (exact) mass is 494 g/mol. The Morgan fingerprint density at radius 2 is 1.78 bits per heavy atom. The van der Waals surface area contributed by atoms with Crippen molar-refractivity contribution in [3.63, 3.8) is 0 Å². The molecular formula is C19H19ClN6O4S2. The maximum atomic E-state index is 12.9. The number of benzene rings is 2. The number of anilines is 1. The molecule has 0 atom stereocenters. The fraction of sp³-hybridized carbons (Fsp3) is 0.263. The standard InChI is InChI=1S/C19H19ClN6O4S2/c1-23-13-21-22-19(23)31-18-12-15(4-7-17(18)26(27)28)24-8-10-25(11-9-24)32(29,30)16-5-2-14(20)3-6-16/h2-7,12-13H,8-11H2,1H3. The number of rotatable bonds is 6. The number of hydrogen-bond donors (Lipinski definition) is 0. The number of piperazine rings is 1. The third-order valence-electron chi connectivity index (χ3n) is 5.07. The zero-order chi connectivity index (χ0) is 22.9. The van der Waals surface area contributed by atoms with E-state index in [9.17, 15) is 18.5 Å². The van der Waals surface area contributed by atoms with Gasteiger partial charge in [-0.15, -0.1) is 10.2 Å². The number of hydrogen-bond acceptors (Lipinski definition) is 8. The van der Waals surface area contributed by atoms with Crippen LogP contribution in [0.3, 0.4) is 0 Å². The lowest BCUT2D eigenvalue weighted by Gasteiger charge is -2.35. The van der Waals surface area contributed by atoms with Gasteiger partial charge in [-0.25, -0.2) is 8.42 Å². The first kappa shape index (κ1) is 22.5. The van der Waals surface area contributed by atoms with Crippen LogP contribution >= 0.6 is 23.4 Å². The van der Waals surface area contributed by atoms with Crippen molar-refractivity contribution in [1.82, 2.24) is 19.1 Å². The zero-order valence-electron chi connectivity index (χ0n) is 17.0. The molecule has 168 valence electrons. The summed E-state index contributed by atoms with van der Waals surface area (Å²) in [5, 5.41) is 20.3. The molecule has 1 aromatic heterocycles. The van der Waals surface area contributed by atoms with Gasteiger partial charge < -0.3 is 9.47 Å². The summed E-state index contributed by atoms with van der Waals surface area (Å²) in [5.41, 5.74) is 0.759. The van der Waals surface area contributed by atoms with Gasteiger partial charge >= 0.3 is 0 Å². The number of nitro benzene ring substituents is 1. The number of nitro groups is 1. The van der Waals surface area contributed by atoms with Gasteiger partial charge in [-0.3, -0.25) is 10.1 Å². The summed E-state index contributed by atoms with van der Waals surface area (Å²) in [6.07, 6.45) is 1.53. The first-order valence-corrected chi connectivity index (χ1v) is 12.2. The highest BCUT2D eigenvalue weighted by molar-refractivity contribution is 7.99. The molecule has 2 heterocycles. The molecular weight excluding hydrogens is 476 g/mol. The van der Waals surface area contributed by atoms with Crippen LogP contribution in [0.15, 0.2) is 63.7 Å². The highest BCUT2D eigenvalue weighted by Crippen LogP contribution is 2.36. The smallest absolute Gasteiger partial charge is 0.283 e. The summed E-state index contributed by atoms with van der Waals surface area (Å²) in [6.45, 7) is 1.51. The van der Waals surface area contributed by atoms with Crippen LogP contribution in [-0.2, 0) is 17.1 Å². The van der Waals surface area contributed by atoms with Gasteiger partial charge in [-0.05, 0) is 48.2 Å². The first-order valence-electron chi connectivity index (χ1n) is 9.56. The van der Waals surface area contributed by atoms with Crippen LogP contribution in [0.2, 0.25) is 5.02 Å². The van der Waals surface area contributed by atoms with Crippen molar-refractivity contribution in [3.8, 4) is 0 Å². The summed E-state index contributed by atoms with van der Waals surface area (Å²) in [5.74, 6) is 0. The molecule has 1 fully saturated rings. The molecule has 1 aliphatic rings. The Morgan fingerprint density at radius 3 is 2.38 bits per heavy atom. The van der Waals surface area contributed by atoms with Crippen molar-refractivity contribution in [3.05, 3.63) is 63.9 Å². The van der Waals surface area contributed by atoms with Crippen LogP contribution in [0, 0.1) is 10.1 Å². The molecule has 3 aromatic rings. The highest BCUT2D eigenvalue weighted by atomic mass is 35.5. The molecule has 0 bridgehead atoms. The Kier molecular flexibility index (Phi) is 6.38. The Morgan fingerprint density at radius 1 is 1.09 bits per heavy atom. The molecule has 4 rings (SSSR count). The number of aryl methyl sites for hydroxylation is 1. The molecule has 0 radical (unpaired) electrons. The predicted octanol–water partition coefficient (Wildman–Crippen LogP) is 3.04. The van der Waals surface area contributed by atoms with Crippen LogP contribution in [0.4, 0.5) is 11.4 Å². The van der Waals surface area contributed by atoms with Gasteiger partial charge in [0.1, 0.15) is 6.33 Å². The van der Waals surface area contributed by atoms with Gasteiger partial charge in [0.15, 0.2) is 5.16 Å². The number of halogens is 1. The lowest BCUT2D eigenvalue weighted by molar-refractivity contribution is -0.387. The average Bonchev–Trinajstić information content (AvgIpc) is 3.18. The number of aromatic nitrogens is 3. The van der Waals surface area contributed by atoms with Crippen molar-refractivity contribution in [2.75, 3.05) is 31.1 Å². The van der Waals surface area contributed by atoms with E-state index in [0.29, 0.717) is 41.3 Å². The minimum absolute atomic E-state index is 0.0225. The average molecular weight is 495 g/mol. The van der Waals surface area contributed by atoms with Gasteiger partial charge in [-0.2, -0.15) is 4.31 Å². The van der Waals surface area contributed by atoms with Crippen molar-refractivity contribution in [1.29, 1.82) is 0 Å². The normalized spacial score (nSPS) is 15.1. The van der Waals surface area contributed by atoms with Crippen LogP contribution in [0.5, 0.6) is 0 Å². The molecule has 1 aliphatic heterocycles.